The van der Waals surface area contributed by atoms with Gasteiger partial charge < -0.3 is 14.5 Å². The van der Waals surface area contributed by atoms with Gasteiger partial charge in [0.25, 0.3) is 0 Å². The number of hydrogen-bond donors (Lipinski definition) is 1. The third-order valence-corrected chi connectivity index (χ3v) is 4.01. The number of aromatic nitrogens is 1. The molecule has 21 heavy (non-hydrogen) atoms. The minimum atomic E-state index is -0.254. The van der Waals surface area contributed by atoms with Crippen molar-refractivity contribution >= 4 is 16.9 Å². The van der Waals surface area contributed by atoms with Gasteiger partial charge in [-0.2, -0.15) is 0 Å². The van der Waals surface area contributed by atoms with E-state index in [0.29, 0.717) is 6.61 Å². The van der Waals surface area contributed by atoms with Gasteiger partial charge in [-0.15, -0.1) is 0 Å². The molecule has 0 fully saturated rings. The number of ether oxygens (including phenoxy) is 2. The first-order chi connectivity index (χ1) is 10.1. The fraction of sp³-hybridized carbons (Fsp3) is 0.471. The molecular weight excluding hydrogens is 266 g/mol. The Morgan fingerprint density at radius 1 is 1.33 bits per heavy atom. The van der Waals surface area contributed by atoms with Crippen LogP contribution in [-0.4, -0.2) is 24.7 Å². The highest BCUT2D eigenvalue weighted by Gasteiger charge is 2.29. The van der Waals surface area contributed by atoms with E-state index < -0.39 is 0 Å². The summed E-state index contributed by atoms with van der Waals surface area (Å²) in [5.41, 5.74) is 1.99. The Morgan fingerprint density at radius 3 is 2.71 bits per heavy atom. The van der Waals surface area contributed by atoms with Crippen LogP contribution in [0.2, 0.25) is 0 Å². The molecule has 2 atom stereocenters. The lowest BCUT2D eigenvalue weighted by atomic mass is 9.85. The molecule has 0 radical (unpaired) electrons. The lowest BCUT2D eigenvalue weighted by molar-refractivity contribution is -0.146. The first kappa shape index (κ1) is 15.4. The summed E-state index contributed by atoms with van der Waals surface area (Å²) in [4.78, 5) is 15.6. The predicted octanol–water partition coefficient (Wildman–Crippen LogP) is 3.87. The van der Waals surface area contributed by atoms with Crippen molar-refractivity contribution in [2.75, 3.05) is 13.7 Å². The Bertz CT molecular complexity index is 618. The zero-order valence-electron chi connectivity index (χ0n) is 13.1. The van der Waals surface area contributed by atoms with Gasteiger partial charge in [0.1, 0.15) is 5.75 Å². The van der Waals surface area contributed by atoms with Gasteiger partial charge in [0.2, 0.25) is 0 Å². The molecule has 1 aromatic carbocycles. The molecule has 114 valence electrons. The van der Waals surface area contributed by atoms with Crippen molar-refractivity contribution in [1.29, 1.82) is 0 Å². The second-order valence-corrected chi connectivity index (χ2v) is 5.27. The van der Waals surface area contributed by atoms with Crippen LogP contribution in [-0.2, 0) is 9.53 Å². The van der Waals surface area contributed by atoms with Crippen molar-refractivity contribution in [1.82, 2.24) is 4.98 Å². The average molecular weight is 289 g/mol. The highest BCUT2D eigenvalue weighted by molar-refractivity contribution is 5.91. The summed E-state index contributed by atoms with van der Waals surface area (Å²) >= 11 is 0. The summed E-state index contributed by atoms with van der Waals surface area (Å²) in [6, 6.07) is 5.84. The molecule has 0 bridgehead atoms. The molecule has 0 aliphatic carbocycles. The number of benzene rings is 1. The maximum absolute atomic E-state index is 12.4. The van der Waals surface area contributed by atoms with E-state index in [2.05, 4.69) is 18.8 Å². The molecule has 4 nitrogen and oxygen atoms in total. The molecular formula is C17H23NO3. The summed E-state index contributed by atoms with van der Waals surface area (Å²) in [7, 11) is 1.64. The van der Waals surface area contributed by atoms with Gasteiger partial charge >= 0.3 is 5.97 Å². The number of carbonyl (C=O) groups excluding carboxylic acids is 1. The van der Waals surface area contributed by atoms with Gasteiger partial charge in [-0.1, -0.05) is 20.3 Å². The molecule has 1 N–H and O–H groups in total. The third kappa shape index (κ3) is 3.04. The van der Waals surface area contributed by atoms with Crippen molar-refractivity contribution in [3.63, 3.8) is 0 Å². The summed E-state index contributed by atoms with van der Waals surface area (Å²) in [6.07, 6.45) is 2.83. The third-order valence-electron chi connectivity index (χ3n) is 4.01. The minimum absolute atomic E-state index is 0.157. The van der Waals surface area contributed by atoms with E-state index in [1.54, 1.807) is 7.11 Å². The highest BCUT2D eigenvalue weighted by atomic mass is 16.5. The van der Waals surface area contributed by atoms with Crippen LogP contribution in [0, 0.1) is 5.92 Å². The van der Waals surface area contributed by atoms with Gasteiger partial charge in [0, 0.05) is 17.1 Å². The number of rotatable bonds is 6. The van der Waals surface area contributed by atoms with Gasteiger partial charge in [0.15, 0.2) is 0 Å². The normalized spacial score (nSPS) is 13.9. The van der Waals surface area contributed by atoms with Crippen molar-refractivity contribution in [2.24, 2.45) is 5.92 Å². The molecule has 4 heteroatoms. The van der Waals surface area contributed by atoms with E-state index in [0.717, 1.165) is 28.6 Å². The molecule has 1 heterocycles. The van der Waals surface area contributed by atoms with Gasteiger partial charge in [-0.05, 0) is 36.6 Å². The average Bonchev–Trinajstić information content (AvgIpc) is 2.90. The standard InChI is InChI=1S/C17H23NO3/c1-5-11(3)16(17(19)21-6-2)14-10-18-15-8-7-12(20-4)9-13(14)15/h7-11,16,18H,5-6H2,1-4H3. The van der Waals surface area contributed by atoms with E-state index in [-0.39, 0.29) is 17.8 Å². The monoisotopic (exact) mass is 289 g/mol. The molecule has 2 rings (SSSR count). The van der Waals surface area contributed by atoms with E-state index in [1.807, 2.05) is 31.3 Å². The second kappa shape index (κ2) is 6.66. The molecule has 0 amide bonds. The first-order valence-electron chi connectivity index (χ1n) is 7.44. The Morgan fingerprint density at radius 2 is 2.10 bits per heavy atom. The topological polar surface area (TPSA) is 51.3 Å². The predicted molar refractivity (Wildman–Crippen MR) is 83.7 cm³/mol. The molecule has 0 saturated carbocycles. The summed E-state index contributed by atoms with van der Waals surface area (Å²) in [5, 5.41) is 1.02. The van der Waals surface area contributed by atoms with E-state index in [4.69, 9.17) is 9.47 Å². The number of hydrogen-bond acceptors (Lipinski definition) is 3. The largest absolute Gasteiger partial charge is 0.497 e. The zero-order chi connectivity index (χ0) is 15.4. The number of esters is 1. The SMILES string of the molecule is CCOC(=O)C(c1c[nH]c2ccc(OC)cc12)C(C)CC. The molecule has 0 aliphatic rings. The molecule has 0 spiro atoms. The molecule has 0 saturated heterocycles. The number of aromatic amines is 1. The zero-order valence-corrected chi connectivity index (χ0v) is 13.1. The van der Waals surface area contributed by atoms with Crippen LogP contribution in [0.5, 0.6) is 5.75 Å². The van der Waals surface area contributed by atoms with Gasteiger partial charge in [0.05, 0.1) is 19.6 Å². The summed E-state index contributed by atoms with van der Waals surface area (Å²) in [5.74, 6) is 0.593. The van der Waals surface area contributed by atoms with Crippen LogP contribution >= 0.6 is 0 Å². The van der Waals surface area contributed by atoms with Crippen molar-refractivity contribution < 1.29 is 14.3 Å². The number of methoxy groups -OCH3 is 1. The van der Waals surface area contributed by atoms with Crippen LogP contribution in [0.15, 0.2) is 24.4 Å². The number of carbonyl (C=O) groups is 1. The summed E-state index contributed by atoms with van der Waals surface area (Å²) in [6.45, 7) is 6.41. The Kier molecular flexibility index (Phi) is 4.89. The molecule has 0 aliphatic heterocycles. The number of fused-ring (bicyclic) bond motifs is 1. The van der Waals surface area contributed by atoms with Gasteiger partial charge in [-0.25, -0.2) is 0 Å². The van der Waals surface area contributed by atoms with Crippen molar-refractivity contribution in [3.8, 4) is 5.75 Å². The van der Waals surface area contributed by atoms with Crippen molar-refractivity contribution in [3.05, 3.63) is 30.0 Å². The molecule has 1 aromatic heterocycles. The molecule has 2 aromatic rings. The first-order valence-corrected chi connectivity index (χ1v) is 7.44. The van der Waals surface area contributed by atoms with Crippen molar-refractivity contribution in [2.45, 2.75) is 33.1 Å². The number of nitrogens with one attached hydrogen (secondary N) is 1. The quantitative estimate of drug-likeness (QED) is 0.821. The Labute approximate surface area is 125 Å². The van der Waals surface area contributed by atoms with E-state index in [1.165, 1.54) is 0 Å². The Balaban J connectivity index is 2.50. The van der Waals surface area contributed by atoms with Crippen LogP contribution in [0.3, 0.4) is 0 Å². The Hall–Kier alpha value is -1.97. The fourth-order valence-corrected chi connectivity index (χ4v) is 2.64. The maximum Gasteiger partial charge on any atom is 0.313 e. The van der Waals surface area contributed by atoms with Gasteiger partial charge in [-0.3, -0.25) is 4.79 Å². The lowest BCUT2D eigenvalue weighted by Crippen LogP contribution is -2.22. The van der Waals surface area contributed by atoms with Crippen LogP contribution in [0.25, 0.3) is 10.9 Å². The maximum atomic E-state index is 12.4. The number of H-pyrrole nitrogens is 1. The molecule has 2 unspecified atom stereocenters. The second-order valence-electron chi connectivity index (χ2n) is 5.27. The summed E-state index contributed by atoms with van der Waals surface area (Å²) < 4.78 is 10.6. The minimum Gasteiger partial charge on any atom is -0.497 e. The van der Waals surface area contributed by atoms with E-state index >= 15 is 0 Å². The fourth-order valence-electron chi connectivity index (χ4n) is 2.64. The van der Waals surface area contributed by atoms with E-state index in [9.17, 15) is 4.79 Å². The van der Waals surface area contributed by atoms with Crippen LogP contribution in [0.4, 0.5) is 0 Å². The smallest absolute Gasteiger partial charge is 0.313 e. The highest BCUT2D eigenvalue weighted by Crippen LogP contribution is 2.35. The van der Waals surface area contributed by atoms with Crippen LogP contribution in [0.1, 0.15) is 38.7 Å². The lowest BCUT2D eigenvalue weighted by Gasteiger charge is -2.21. The van der Waals surface area contributed by atoms with Crippen LogP contribution < -0.4 is 4.74 Å².